The van der Waals surface area contributed by atoms with Crippen LogP contribution in [0.5, 0.6) is 0 Å². The average molecular weight is 556 g/mol. The van der Waals surface area contributed by atoms with E-state index >= 15 is 0 Å². The molecule has 7 unspecified atom stereocenters. The summed E-state index contributed by atoms with van der Waals surface area (Å²) in [4.78, 5) is 12.9. The number of ether oxygens (including phenoxy) is 4. The first kappa shape index (κ1) is 28.4. The zero-order valence-electron chi connectivity index (χ0n) is 20.0. The predicted molar refractivity (Wildman–Crippen MR) is 128 cm³/mol. The maximum absolute atomic E-state index is 12.9. The molecule has 2 fully saturated rings. The van der Waals surface area contributed by atoms with Gasteiger partial charge in [0.05, 0.1) is 0 Å². The summed E-state index contributed by atoms with van der Waals surface area (Å²) in [5.74, 6) is 0. The molecular weight excluding hydrogens is 524 g/mol. The Hall–Kier alpha value is -0.181. The summed E-state index contributed by atoms with van der Waals surface area (Å²) >= 11 is -0.348. The van der Waals surface area contributed by atoms with Crippen molar-refractivity contribution >= 4 is 42.9 Å². The second-order valence-corrected chi connectivity index (χ2v) is 13.2. The Balaban J connectivity index is 1.71. The van der Waals surface area contributed by atoms with Crippen LogP contribution in [0.2, 0.25) is 0 Å². The van der Waals surface area contributed by atoms with Gasteiger partial charge in [-0.15, -0.1) is 0 Å². The summed E-state index contributed by atoms with van der Waals surface area (Å²) in [5.41, 5.74) is 0. The fraction of sp³-hybridized carbons (Fsp3) is 0.727. The zero-order chi connectivity index (χ0) is 24.9. The van der Waals surface area contributed by atoms with Crippen molar-refractivity contribution in [2.45, 2.75) is 87.6 Å². The Bertz CT molecular complexity index is 819. The minimum atomic E-state index is -4.74. The molecule has 0 aromatic heterocycles. The van der Waals surface area contributed by atoms with Crippen LogP contribution in [0.4, 0.5) is 0 Å². The van der Waals surface area contributed by atoms with Gasteiger partial charge in [-0.05, 0) is 0 Å². The van der Waals surface area contributed by atoms with Gasteiger partial charge in [0.2, 0.25) is 0 Å². The predicted octanol–water partition coefficient (Wildman–Crippen LogP) is 1.000. The van der Waals surface area contributed by atoms with Crippen molar-refractivity contribution in [2.24, 2.45) is 0 Å². The maximum atomic E-state index is 12.9. The van der Waals surface area contributed by atoms with E-state index < -0.39 is 36.5 Å². The zero-order valence-corrected chi connectivity index (χ0v) is 22.6. The monoisotopic (exact) mass is 557 g/mol. The first-order valence-electron chi connectivity index (χ1n) is 11.5. The number of phosphoric ester groups is 1. The first-order chi connectivity index (χ1) is 16.0. The van der Waals surface area contributed by atoms with Crippen molar-refractivity contribution in [2.75, 3.05) is 13.2 Å². The van der Waals surface area contributed by atoms with Gasteiger partial charge >= 0.3 is 211 Å². The Morgan fingerprint density at radius 1 is 1.15 bits per heavy atom. The molecule has 0 spiro atoms. The summed E-state index contributed by atoms with van der Waals surface area (Å²) < 4.78 is 47.0. The molecule has 4 radical (unpaired) electrons. The Morgan fingerprint density at radius 2 is 1.85 bits per heavy atom. The molecule has 1 aromatic rings. The Labute approximate surface area is 211 Å². The topological polar surface area (TPSA) is 95.5 Å². The molecule has 2 heterocycles. The Kier molecular flexibility index (Phi) is 10.3. The molecule has 34 heavy (non-hydrogen) atoms. The van der Waals surface area contributed by atoms with Crippen molar-refractivity contribution in [3.05, 3.63) is 30.3 Å². The van der Waals surface area contributed by atoms with E-state index in [-0.39, 0.29) is 52.9 Å². The van der Waals surface area contributed by atoms with E-state index in [1.165, 1.54) is 0 Å². The van der Waals surface area contributed by atoms with E-state index in [0.29, 0.717) is 6.42 Å². The van der Waals surface area contributed by atoms with Gasteiger partial charge in [0.15, 0.2) is 0 Å². The van der Waals surface area contributed by atoms with Crippen molar-refractivity contribution in [3.8, 4) is 0 Å². The molecule has 1 aromatic carbocycles. The van der Waals surface area contributed by atoms with Gasteiger partial charge in [0.25, 0.3) is 0 Å². The molecule has 0 amide bonds. The van der Waals surface area contributed by atoms with Gasteiger partial charge in [-0.3, -0.25) is 0 Å². The van der Waals surface area contributed by atoms with E-state index in [9.17, 15) is 9.46 Å². The van der Waals surface area contributed by atoms with Crippen LogP contribution in [-0.4, -0.2) is 90.9 Å². The molecule has 0 bridgehead atoms. The van der Waals surface area contributed by atoms with Crippen molar-refractivity contribution < 1.29 is 37.5 Å². The number of phosphoric acid groups is 1. The summed E-state index contributed by atoms with van der Waals surface area (Å²) in [7, 11) is 7.23. The van der Waals surface area contributed by atoms with Crippen LogP contribution >= 0.6 is 7.82 Å². The fourth-order valence-corrected chi connectivity index (χ4v) is 7.63. The van der Waals surface area contributed by atoms with E-state index in [1.54, 1.807) is 0 Å². The fourth-order valence-electron chi connectivity index (χ4n) is 3.85. The standard InChI is InChI=1S/C22H33B2O8PSe/c1-14(2)27-13-22(34-16-8-6-5-7-9-16)19(11-21(24)31-22)32-33(25,26)28-12-18-17(29-15(3)4)10-20(23)30-18/h5-9,14-15,17-21H,10-13H2,1-4H3,(H,25,26)/p-1. The number of hydrogen-bond donors (Lipinski definition) is 0. The third-order valence-corrected chi connectivity index (χ3v) is 9.04. The van der Waals surface area contributed by atoms with E-state index in [4.69, 9.17) is 43.7 Å². The van der Waals surface area contributed by atoms with E-state index in [2.05, 4.69) is 0 Å². The summed E-state index contributed by atoms with van der Waals surface area (Å²) in [5, 5.41) is 0. The van der Waals surface area contributed by atoms with Crippen LogP contribution in [-0.2, 0) is 32.6 Å². The number of hydrogen-bond acceptors (Lipinski definition) is 8. The summed E-state index contributed by atoms with van der Waals surface area (Å²) in [6, 6.07) is 8.45. The molecule has 186 valence electrons. The molecule has 2 saturated heterocycles. The quantitative estimate of drug-likeness (QED) is 0.278. The van der Waals surface area contributed by atoms with Crippen LogP contribution in [0.1, 0.15) is 40.5 Å². The third-order valence-electron chi connectivity index (χ3n) is 5.27. The van der Waals surface area contributed by atoms with Crippen molar-refractivity contribution in [1.82, 2.24) is 0 Å². The molecule has 0 aliphatic carbocycles. The molecule has 2 aliphatic heterocycles. The van der Waals surface area contributed by atoms with Gasteiger partial charge in [-0.1, -0.05) is 0 Å². The van der Waals surface area contributed by atoms with Crippen LogP contribution in [0.25, 0.3) is 0 Å². The van der Waals surface area contributed by atoms with Crippen molar-refractivity contribution in [3.63, 3.8) is 0 Å². The average Bonchev–Trinajstić information content (AvgIpc) is 3.23. The van der Waals surface area contributed by atoms with Gasteiger partial charge < -0.3 is 0 Å². The van der Waals surface area contributed by atoms with Crippen LogP contribution in [0, 0.1) is 0 Å². The van der Waals surface area contributed by atoms with Crippen LogP contribution < -0.4 is 9.36 Å². The van der Waals surface area contributed by atoms with E-state index in [1.807, 2.05) is 58.0 Å². The third kappa shape index (κ3) is 8.17. The first-order valence-corrected chi connectivity index (χ1v) is 14.6. The van der Waals surface area contributed by atoms with Crippen LogP contribution in [0.15, 0.2) is 30.3 Å². The molecule has 12 heteroatoms. The molecular formula is C22H32B2O8PSe-. The molecule has 0 saturated carbocycles. The van der Waals surface area contributed by atoms with Gasteiger partial charge in [0.1, 0.15) is 0 Å². The summed E-state index contributed by atoms with van der Waals surface area (Å²) in [6.07, 6.45) is -1.34. The second kappa shape index (κ2) is 12.4. The van der Waals surface area contributed by atoms with Gasteiger partial charge in [-0.25, -0.2) is 0 Å². The molecule has 8 nitrogen and oxygen atoms in total. The summed E-state index contributed by atoms with van der Waals surface area (Å²) in [6.45, 7) is 7.46. The molecule has 2 aliphatic rings. The normalized spacial score (nSPS) is 33.6. The number of benzene rings is 1. The molecule has 3 rings (SSSR count). The molecule has 0 N–H and O–H groups in total. The van der Waals surface area contributed by atoms with E-state index in [0.717, 1.165) is 4.46 Å². The van der Waals surface area contributed by atoms with Crippen LogP contribution in [0.3, 0.4) is 0 Å². The Morgan fingerprint density at radius 3 is 2.50 bits per heavy atom. The second-order valence-electron chi connectivity index (χ2n) is 8.99. The minimum absolute atomic E-state index is 0.0596. The SMILES string of the molecule is [B]C1CC(OC(C)C)C(COP(=O)([O-])OC2CC([B])OC2(COC(C)C)[Se]c2ccccc2)O1. The van der Waals surface area contributed by atoms with Crippen molar-refractivity contribution in [1.29, 1.82) is 0 Å². The number of rotatable bonds is 12. The van der Waals surface area contributed by atoms with Gasteiger partial charge in [-0.2, -0.15) is 0 Å². The molecule has 7 atom stereocenters. The van der Waals surface area contributed by atoms with Gasteiger partial charge in [0, 0.05) is 0 Å².